The minimum absolute atomic E-state index is 0.0145. The number of aromatic nitrogens is 2. The van der Waals surface area contributed by atoms with E-state index in [1.165, 1.54) is 0 Å². The van der Waals surface area contributed by atoms with Gasteiger partial charge in [0.2, 0.25) is 0 Å². The number of hydrogen-bond donors (Lipinski definition) is 0. The van der Waals surface area contributed by atoms with Crippen molar-refractivity contribution in [2.75, 3.05) is 14.1 Å². The smallest absolute Gasteiger partial charge is 0.255 e. The molecule has 0 unspecified atom stereocenters. The van der Waals surface area contributed by atoms with Crippen LogP contribution in [-0.2, 0) is 7.05 Å². The first kappa shape index (κ1) is 9.71. The number of benzene rings is 1. The summed E-state index contributed by atoms with van der Waals surface area (Å²) in [6.45, 7) is 0. The molecule has 0 fully saturated rings. The average molecular weight is 203 g/mol. The molecule has 78 valence electrons. The molecule has 0 bridgehead atoms. The van der Waals surface area contributed by atoms with Crippen LogP contribution in [0.2, 0.25) is 0 Å². The number of carbonyl (C=O) groups excluding carboxylic acids is 1. The van der Waals surface area contributed by atoms with Gasteiger partial charge in [-0.3, -0.25) is 9.48 Å². The Balaban J connectivity index is 2.65. The Labute approximate surface area is 88.1 Å². The van der Waals surface area contributed by atoms with E-state index >= 15 is 0 Å². The van der Waals surface area contributed by atoms with Gasteiger partial charge < -0.3 is 4.90 Å². The second kappa shape index (κ2) is 3.38. The maximum absolute atomic E-state index is 11.8. The van der Waals surface area contributed by atoms with Crippen LogP contribution in [0.1, 0.15) is 10.4 Å². The van der Waals surface area contributed by atoms with Crippen LogP contribution in [-0.4, -0.2) is 34.7 Å². The molecule has 4 nitrogen and oxygen atoms in total. The van der Waals surface area contributed by atoms with Crippen molar-refractivity contribution in [3.05, 3.63) is 30.0 Å². The topological polar surface area (TPSA) is 38.1 Å². The van der Waals surface area contributed by atoms with Gasteiger partial charge in [-0.1, -0.05) is 12.1 Å². The third kappa shape index (κ3) is 1.58. The van der Waals surface area contributed by atoms with Gasteiger partial charge in [-0.15, -0.1) is 0 Å². The van der Waals surface area contributed by atoms with Crippen molar-refractivity contribution in [3.63, 3.8) is 0 Å². The Bertz CT molecular complexity index is 514. The highest BCUT2D eigenvalue weighted by Crippen LogP contribution is 2.17. The van der Waals surface area contributed by atoms with E-state index in [0.717, 1.165) is 10.9 Å². The lowest BCUT2D eigenvalue weighted by molar-refractivity contribution is 0.0829. The molecule has 2 aromatic rings. The van der Waals surface area contributed by atoms with Crippen molar-refractivity contribution in [1.29, 1.82) is 0 Å². The molecule has 1 heterocycles. The third-order valence-electron chi connectivity index (χ3n) is 2.29. The Morgan fingerprint density at radius 2 is 2.13 bits per heavy atom. The maximum Gasteiger partial charge on any atom is 0.255 e. The fourth-order valence-corrected chi connectivity index (χ4v) is 1.58. The number of carbonyl (C=O) groups is 1. The maximum atomic E-state index is 11.8. The Kier molecular flexibility index (Phi) is 2.19. The molecule has 1 aromatic heterocycles. The molecule has 0 N–H and O–H groups in total. The second-order valence-electron chi connectivity index (χ2n) is 3.75. The SMILES string of the molecule is CN(C)C(=O)c1cccc2cn(C)nc12. The highest BCUT2D eigenvalue weighted by molar-refractivity contribution is 6.05. The summed E-state index contributed by atoms with van der Waals surface area (Å²) in [5, 5.41) is 5.28. The predicted molar refractivity (Wildman–Crippen MR) is 58.7 cm³/mol. The van der Waals surface area contributed by atoms with Crippen LogP contribution >= 0.6 is 0 Å². The first-order chi connectivity index (χ1) is 7.09. The van der Waals surface area contributed by atoms with Crippen molar-refractivity contribution in [2.24, 2.45) is 7.05 Å². The largest absolute Gasteiger partial charge is 0.345 e. The van der Waals surface area contributed by atoms with Crippen LogP contribution in [0.25, 0.3) is 10.9 Å². The van der Waals surface area contributed by atoms with E-state index in [4.69, 9.17) is 0 Å². The molecule has 0 saturated carbocycles. The molecule has 0 radical (unpaired) electrons. The van der Waals surface area contributed by atoms with Gasteiger partial charge in [-0.2, -0.15) is 5.10 Å². The molecule has 0 atom stereocenters. The van der Waals surface area contributed by atoms with Gasteiger partial charge in [0.15, 0.2) is 0 Å². The van der Waals surface area contributed by atoms with E-state index in [-0.39, 0.29) is 5.91 Å². The highest BCUT2D eigenvalue weighted by atomic mass is 16.2. The van der Waals surface area contributed by atoms with E-state index in [9.17, 15) is 4.79 Å². The minimum atomic E-state index is -0.0145. The zero-order chi connectivity index (χ0) is 11.0. The monoisotopic (exact) mass is 203 g/mol. The first-order valence-corrected chi connectivity index (χ1v) is 4.73. The van der Waals surface area contributed by atoms with E-state index in [1.54, 1.807) is 29.7 Å². The van der Waals surface area contributed by atoms with E-state index in [0.29, 0.717) is 5.56 Å². The Morgan fingerprint density at radius 3 is 2.80 bits per heavy atom. The summed E-state index contributed by atoms with van der Waals surface area (Å²) in [6.07, 6.45) is 1.90. The first-order valence-electron chi connectivity index (χ1n) is 4.73. The molecule has 0 spiro atoms. The molecule has 0 saturated heterocycles. The van der Waals surface area contributed by atoms with E-state index < -0.39 is 0 Å². The number of hydrogen-bond acceptors (Lipinski definition) is 2. The van der Waals surface area contributed by atoms with Crippen LogP contribution < -0.4 is 0 Å². The highest BCUT2D eigenvalue weighted by Gasteiger charge is 2.13. The fraction of sp³-hybridized carbons (Fsp3) is 0.273. The van der Waals surface area contributed by atoms with Crippen LogP contribution in [0, 0.1) is 0 Å². The van der Waals surface area contributed by atoms with Gasteiger partial charge in [0.25, 0.3) is 5.91 Å². The Morgan fingerprint density at radius 1 is 1.40 bits per heavy atom. The van der Waals surface area contributed by atoms with Crippen molar-refractivity contribution >= 4 is 16.8 Å². The lowest BCUT2D eigenvalue weighted by Gasteiger charge is -2.09. The average Bonchev–Trinajstić information content (AvgIpc) is 2.56. The molecule has 2 rings (SSSR count). The number of rotatable bonds is 1. The summed E-state index contributed by atoms with van der Waals surface area (Å²) in [7, 11) is 5.33. The van der Waals surface area contributed by atoms with E-state index in [1.807, 2.05) is 25.4 Å². The lowest BCUT2D eigenvalue weighted by atomic mass is 10.1. The van der Waals surface area contributed by atoms with Crippen molar-refractivity contribution in [3.8, 4) is 0 Å². The summed E-state index contributed by atoms with van der Waals surface area (Å²) in [5.74, 6) is -0.0145. The van der Waals surface area contributed by atoms with Crippen LogP contribution in [0.15, 0.2) is 24.4 Å². The molecule has 0 aliphatic carbocycles. The predicted octanol–water partition coefficient (Wildman–Crippen LogP) is 1.28. The number of nitrogens with zero attached hydrogens (tertiary/aromatic N) is 3. The lowest BCUT2D eigenvalue weighted by Crippen LogP contribution is -2.21. The zero-order valence-corrected chi connectivity index (χ0v) is 9.06. The van der Waals surface area contributed by atoms with Crippen LogP contribution in [0.5, 0.6) is 0 Å². The number of fused-ring (bicyclic) bond motifs is 1. The van der Waals surface area contributed by atoms with Crippen molar-refractivity contribution < 1.29 is 4.79 Å². The molecule has 4 heteroatoms. The molecule has 1 aromatic carbocycles. The number of aryl methyl sites for hydroxylation is 1. The van der Waals surface area contributed by atoms with Gasteiger partial charge in [-0.05, 0) is 6.07 Å². The van der Waals surface area contributed by atoms with Crippen molar-refractivity contribution in [2.45, 2.75) is 0 Å². The molecule has 1 amide bonds. The second-order valence-corrected chi connectivity index (χ2v) is 3.75. The fourth-order valence-electron chi connectivity index (χ4n) is 1.58. The quantitative estimate of drug-likeness (QED) is 0.700. The van der Waals surface area contributed by atoms with E-state index in [2.05, 4.69) is 5.10 Å². The zero-order valence-electron chi connectivity index (χ0n) is 9.06. The molecular formula is C11H13N3O. The van der Waals surface area contributed by atoms with Gasteiger partial charge in [0, 0.05) is 32.7 Å². The standard InChI is InChI=1S/C11H13N3O/c1-13(2)11(15)9-6-4-5-8-7-14(3)12-10(8)9/h4-7H,1-3H3. The molecule has 0 aliphatic rings. The molecule has 0 aliphatic heterocycles. The molecular weight excluding hydrogens is 190 g/mol. The number of amides is 1. The minimum Gasteiger partial charge on any atom is -0.345 e. The summed E-state index contributed by atoms with van der Waals surface area (Å²) < 4.78 is 1.72. The normalized spacial score (nSPS) is 10.6. The van der Waals surface area contributed by atoms with Gasteiger partial charge in [0.05, 0.1) is 5.56 Å². The third-order valence-corrected chi connectivity index (χ3v) is 2.29. The van der Waals surface area contributed by atoms with Crippen LogP contribution in [0.4, 0.5) is 0 Å². The summed E-state index contributed by atoms with van der Waals surface area (Å²) in [4.78, 5) is 13.4. The summed E-state index contributed by atoms with van der Waals surface area (Å²) >= 11 is 0. The van der Waals surface area contributed by atoms with Crippen LogP contribution in [0.3, 0.4) is 0 Å². The van der Waals surface area contributed by atoms with Gasteiger partial charge in [-0.25, -0.2) is 0 Å². The van der Waals surface area contributed by atoms with Gasteiger partial charge >= 0.3 is 0 Å². The van der Waals surface area contributed by atoms with Crippen molar-refractivity contribution in [1.82, 2.24) is 14.7 Å². The Hall–Kier alpha value is -1.84. The summed E-state index contributed by atoms with van der Waals surface area (Å²) in [5.41, 5.74) is 1.41. The van der Waals surface area contributed by atoms with Gasteiger partial charge in [0.1, 0.15) is 5.52 Å². The summed E-state index contributed by atoms with van der Waals surface area (Å²) in [6, 6.07) is 5.63. The molecule has 15 heavy (non-hydrogen) atoms.